The molecule has 0 saturated carbocycles. The van der Waals surface area contributed by atoms with Crippen LogP contribution >= 0.6 is 0 Å². The smallest absolute Gasteiger partial charge is 0.315 e. The maximum absolute atomic E-state index is 12.0. The summed E-state index contributed by atoms with van der Waals surface area (Å²) in [5, 5.41) is 5.84. The first-order valence-electron chi connectivity index (χ1n) is 8.20. The molecule has 2 aromatic carbocycles. The lowest BCUT2D eigenvalue weighted by Crippen LogP contribution is -2.37. The molecule has 0 saturated heterocycles. The fraction of sp³-hybridized carbons (Fsp3) is 0.316. The Balaban J connectivity index is 1.41. The van der Waals surface area contributed by atoms with Crippen molar-refractivity contribution in [1.82, 2.24) is 10.6 Å². The summed E-state index contributed by atoms with van der Waals surface area (Å²) in [6, 6.07) is 15.7. The summed E-state index contributed by atoms with van der Waals surface area (Å²) < 4.78 is 10.7. The molecule has 24 heavy (non-hydrogen) atoms. The second-order valence-corrected chi connectivity index (χ2v) is 5.82. The minimum atomic E-state index is -0.159. The van der Waals surface area contributed by atoms with E-state index in [1.165, 1.54) is 5.56 Å². The molecule has 1 aliphatic rings. The molecule has 0 aromatic heterocycles. The van der Waals surface area contributed by atoms with Gasteiger partial charge in [-0.3, -0.25) is 0 Å². The third-order valence-electron chi connectivity index (χ3n) is 4.01. The number of fused-ring (bicyclic) bond motifs is 1. The van der Waals surface area contributed by atoms with Gasteiger partial charge in [-0.25, -0.2) is 4.79 Å². The van der Waals surface area contributed by atoms with Crippen LogP contribution in [0.1, 0.15) is 30.5 Å². The summed E-state index contributed by atoms with van der Waals surface area (Å²) in [4.78, 5) is 12.0. The van der Waals surface area contributed by atoms with Crippen molar-refractivity contribution in [2.45, 2.75) is 25.8 Å². The van der Waals surface area contributed by atoms with Gasteiger partial charge in [0.2, 0.25) is 6.79 Å². The Morgan fingerprint density at radius 3 is 2.75 bits per heavy atom. The predicted molar refractivity (Wildman–Crippen MR) is 92.3 cm³/mol. The van der Waals surface area contributed by atoms with E-state index < -0.39 is 0 Å². The quantitative estimate of drug-likeness (QED) is 0.800. The van der Waals surface area contributed by atoms with Crippen LogP contribution < -0.4 is 20.1 Å². The standard InChI is InChI=1S/C19H22N2O3/c1-14(16-9-10-17-18(12-16)24-13-23-17)21-19(22)20-11-5-8-15-6-3-2-4-7-15/h2-4,6-7,9-10,12,14H,5,8,11,13H2,1H3,(H2,20,21,22). The highest BCUT2D eigenvalue weighted by atomic mass is 16.7. The van der Waals surface area contributed by atoms with Crippen molar-refractivity contribution >= 4 is 6.03 Å². The van der Waals surface area contributed by atoms with Crippen LogP contribution in [0.3, 0.4) is 0 Å². The van der Waals surface area contributed by atoms with Crippen molar-refractivity contribution in [3.63, 3.8) is 0 Å². The van der Waals surface area contributed by atoms with Gasteiger partial charge in [0, 0.05) is 6.54 Å². The van der Waals surface area contributed by atoms with E-state index in [1.807, 2.05) is 43.3 Å². The van der Waals surface area contributed by atoms with Crippen LogP contribution in [0.5, 0.6) is 11.5 Å². The average Bonchev–Trinajstić information content (AvgIpc) is 3.07. The third-order valence-corrected chi connectivity index (χ3v) is 4.01. The van der Waals surface area contributed by atoms with Crippen LogP contribution in [0.4, 0.5) is 4.79 Å². The molecule has 2 aromatic rings. The minimum absolute atomic E-state index is 0.103. The molecule has 2 amide bonds. The molecule has 1 aliphatic heterocycles. The SMILES string of the molecule is CC(NC(=O)NCCCc1ccccc1)c1ccc2c(c1)OCO2. The molecular weight excluding hydrogens is 304 g/mol. The van der Waals surface area contributed by atoms with Gasteiger partial charge < -0.3 is 20.1 Å². The number of benzene rings is 2. The van der Waals surface area contributed by atoms with Crippen LogP contribution in [0, 0.1) is 0 Å². The fourth-order valence-corrected chi connectivity index (χ4v) is 2.65. The highest BCUT2D eigenvalue weighted by molar-refractivity contribution is 5.74. The second kappa shape index (κ2) is 7.73. The maximum Gasteiger partial charge on any atom is 0.315 e. The largest absolute Gasteiger partial charge is 0.454 e. The van der Waals surface area contributed by atoms with Crippen molar-refractivity contribution in [3.8, 4) is 11.5 Å². The molecule has 0 radical (unpaired) electrons. The Morgan fingerprint density at radius 2 is 1.92 bits per heavy atom. The number of urea groups is 1. The van der Waals surface area contributed by atoms with Gasteiger partial charge in [0.05, 0.1) is 6.04 Å². The zero-order chi connectivity index (χ0) is 16.8. The number of hydrogen-bond acceptors (Lipinski definition) is 3. The van der Waals surface area contributed by atoms with Gasteiger partial charge in [-0.2, -0.15) is 0 Å². The molecule has 126 valence electrons. The Labute approximate surface area is 142 Å². The zero-order valence-electron chi connectivity index (χ0n) is 13.7. The van der Waals surface area contributed by atoms with Gasteiger partial charge in [-0.05, 0) is 43.0 Å². The van der Waals surface area contributed by atoms with E-state index in [1.54, 1.807) is 0 Å². The second-order valence-electron chi connectivity index (χ2n) is 5.82. The molecule has 5 heteroatoms. The lowest BCUT2D eigenvalue weighted by Gasteiger charge is -2.15. The molecule has 0 spiro atoms. The lowest BCUT2D eigenvalue weighted by molar-refractivity contribution is 0.174. The molecule has 1 atom stereocenters. The molecular formula is C19H22N2O3. The highest BCUT2D eigenvalue weighted by Gasteiger charge is 2.16. The van der Waals surface area contributed by atoms with Gasteiger partial charge in [0.15, 0.2) is 11.5 Å². The van der Waals surface area contributed by atoms with E-state index in [-0.39, 0.29) is 18.9 Å². The Bertz CT molecular complexity index is 688. The number of amides is 2. The minimum Gasteiger partial charge on any atom is -0.454 e. The van der Waals surface area contributed by atoms with Gasteiger partial charge >= 0.3 is 6.03 Å². The van der Waals surface area contributed by atoms with Gasteiger partial charge in [-0.1, -0.05) is 36.4 Å². The summed E-state index contributed by atoms with van der Waals surface area (Å²) in [6.07, 6.45) is 1.87. The number of carbonyl (C=O) groups is 1. The molecule has 3 rings (SSSR count). The summed E-state index contributed by atoms with van der Waals surface area (Å²) in [5.41, 5.74) is 2.27. The van der Waals surface area contributed by atoms with Gasteiger partial charge in [-0.15, -0.1) is 0 Å². The van der Waals surface area contributed by atoms with Crippen LogP contribution in [0.25, 0.3) is 0 Å². The van der Waals surface area contributed by atoms with Gasteiger partial charge in [0.25, 0.3) is 0 Å². The van der Waals surface area contributed by atoms with Crippen molar-refractivity contribution in [1.29, 1.82) is 0 Å². The van der Waals surface area contributed by atoms with Crippen molar-refractivity contribution in [3.05, 3.63) is 59.7 Å². The van der Waals surface area contributed by atoms with E-state index >= 15 is 0 Å². The number of aryl methyl sites for hydroxylation is 1. The van der Waals surface area contributed by atoms with Crippen LogP contribution in [-0.2, 0) is 6.42 Å². The summed E-state index contributed by atoms with van der Waals surface area (Å²) in [5.74, 6) is 1.47. The summed E-state index contributed by atoms with van der Waals surface area (Å²) >= 11 is 0. The third kappa shape index (κ3) is 4.19. The molecule has 5 nitrogen and oxygen atoms in total. The van der Waals surface area contributed by atoms with E-state index in [0.29, 0.717) is 6.54 Å². The molecule has 1 unspecified atom stereocenters. The average molecular weight is 326 g/mol. The molecule has 2 N–H and O–H groups in total. The summed E-state index contributed by atoms with van der Waals surface area (Å²) in [6.45, 7) is 2.85. The number of nitrogens with one attached hydrogen (secondary N) is 2. The van der Waals surface area contributed by atoms with Gasteiger partial charge in [0.1, 0.15) is 0 Å². The number of carbonyl (C=O) groups excluding carboxylic acids is 1. The molecule has 1 heterocycles. The van der Waals surface area contributed by atoms with Crippen LogP contribution in [0.15, 0.2) is 48.5 Å². The maximum atomic E-state index is 12.0. The Kier molecular flexibility index (Phi) is 5.21. The first-order valence-corrected chi connectivity index (χ1v) is 8.20. The molecule has 0 aliphatic carbocycles. The monoisotopic (exact) mass is 326 g/mol. The Morgan fingerprint density at radius 1 is 1.12 bits per heavy atom. The summed E-state index contributed by atoms with van der Waals surface area (Å²) in [7, 11) is 0. The van der Waals surface area contributed by atoms with Crippen LogP contribution in [-0.4, -0.2) is 19.4 Å². The van der Waals surface area contributed by atoms with E-state index in [0.717, 1.165) is 29.9 Å². The first-order chi connectivity index (χ1) is 11.7. The van der Waals surface area contributed by atoms with E-state index in [4.69, 9.17) is 9.47 Å². The fourth-order valence-electron chi connectivity index (χ4n) is 2.65. The van der Waals surface area contributed by atoms with Crippen molar-refractivity contribution in [2.24, 2.45) is 0 Å². The highest BCUT2D eigenvalue weighted by Crippen LogP contribution is 2.34. The van der Waals surface area contributed by atoms with Crippen molar-refractivity contribution in [2.75, 3.05) is 13.3 Å². The zero-order valence-corrected chi connectivity index (χ0v) is 13.7. The topological polar surface area (TPSA) is 59.6 Å². The number of hydrogen-bond donors (Lipinski definition) is 2. The number of rotatable bonds is 6. The lowest BCUT2D eigenvalue weighted by atomic mass is 10.1. The van der Waals surface area contributed by atoms with E-state index in [9.17, 15) is 4.79 Å². The normalized spacial score (nSPS) is 13.4. The van der Waals surface area contributed by atoms with Crippen LogP contribution in [0.2, 0.25) is 0 Å². The molecule has 0 fully saturated rings. The number of ether oxygens (including phenoxy) is 2. The van der Waals surface area contributed by atoms with Crippen molar-refractivity contribution < 1.29 is 14.3 Å². The van der Waals surface area contributed by atoms with E-state index in [2.05, 4.69) is 22.8 Å². The predicted octanol–water partition coefficient (Wildman–Crippen LogP) is 3.41. The first kappa shape index (κ1) is 16.2. The molecule has 0 bridgehead atoms. The Hall–Kier alpha value is -2.69.